The zero-order valence-corrected chi connectivity index (χ0v) is 20.2. The molecule has 2 aromatic carbocycles. The van der Waals surface area contributed by atoms with Crippen LogP contribution >= 0.6 is 12.2 Å². The van der Waals surface area contributed by atoms with E-state index in [0.29, 0.717) is 12.7 Å². The number of ether oxygens (including phenoxy) is 3. The van der Waals surface area contributed by atoms with E-state index < -0.39 is 40.7 Å². The molecule has 2 aliphatic heterocycles. The predicted molar refractivity (Wildman–Crippen MR) is 125 cm³/mol. The van der Waals surface area contributed by atoms with Crippen LogP contribution in [0, 0.1) is 17.1 Å². The topological polar surface area (TPSA) is 75.0 Å². The summed E-state index contributed by atoms with van der Waals surface area (Å²) in [6, 6.07) is 8.42. The molecule has 0 radical (unpaired) electrons. The number of hydrogen-bond acceptors (Lipinski definition) is 6. The Kier molecular flexibility index (Phi) is 6.68. The average molecular weight is 524 g/mol. The van der Waals surface area contributed by atoms with Gasteiger partial charge in [0, 0.05) is 18.9 Å². The molecule has 2 aromatic rings. The van der Waals surface area contributed by atoms with Crippen molar-refractivity contribution in [2.75, 3.05) is 30.1 Å². The van der Waals surface area contributed by atoms with Crippen LogP contribution in [-0.4, -0.2) is 49.1 Å². The Morgan fingerprint density at radius 3 is 2.42 bits per heavy atom. The number of nitriles is 1. The van der Waals surface area contributed by atoms with Crippen LogP contribution in [0.3, 0.4) is 0 Å². The number of amides is 1. The number of carbonyl (C=O) groups is 1. The number of methoxy groups -OCH3 is 1. The molecule has 0 unspecified atom stereocenters. The first-order valence-electron chi connectivity index (χ1n) is 10.8. The molecular weight excluding hydrogens is 502 g/mol. The number of halogens is 4. The Hall–Kier alpha value is -3.27. The molecule has 4 rings (SSSR count). The quantitative estimate of drug-likeness (QED) is 0.424. The summed E-state index contributed by atoms with van der Waals surface area (Å²) in [5, 5.41) is 8.92. The van der Waals surface area contributed by atoms with Crippen LogP contribution in [0.5, 0.6) is 5.75 Å². The standard InChI is InChI=1S/C24H21F4N3O4S/c1-23(2)21(32)30(14-5-4-13(10-29)16(8-14)24(26,27)28)22(36)31(23)15-6-7-18(17(25)9-15)35-20-12-34-11-19(20)33-3/h4-9,19-20H,11-12H2,1-3H3/t19-,20-/m0/s1. The number of alkyl halides is 3. The third-order valence-corrected chi connectivity index (χ3v) is 6.45. The van der Waals surface area contributed by atoms with Gasteiger partial charge >= 0.3 is 6.18 Å². The largest absolute Gasteiger partial charge is 0.482 e. The zero-order chi connectivity index (χ0) is 26.4. The van der Waals surface area contributed by atoms with E-state index in [4.69, 9.17) is 31.7 Å². The third-order valence-electron chi connectivity index (χ3n) is 6.09. The van der Waals surface area contributed by atoms with E-state index in [-0.39, 0.29) is 34.9 Å². The summed E-state index contributed by atoms with van der Waals surface area (Å²) in [6.07, 6.45) is -5.67. The monoisotopic (exact) mass is 523 g/mol. The Labute approximate surface area is 209 Å². The smallest absolute Gasteiger partial charge is 0.417 e. The fraction of sp³-hybridized carbons (Fsp3) is 0.375. The van der Waals surface area contributed by atoms with E-state index in [9.17, 15) is 18.0 Å². The second kappa shape index (κ2) is 9.31. The fourth-order valence-corrected chi connectivity index (χ4v) is 4.71. The molecule has 0 aromatic heterocycles. The second-order valence-electron chi connectivity index (χ2n) is 8.74. The van der Waals surface area contributed by atoms with Gasteiger partial charge in [0.25, 0.3) is 5.91 Å². The summed E-state index contributed by atoms with van der Waals surface area (Å²) in [4.78, 5) is 15.6. The first-order valence-corrected chi connectivity index (χ1v) is 11.2. The molecule has 2 fully saturated rings. The lowest BCUT2D eigenvalue weighted by molar-refractivity contribution is -0.137. The van der Waals surface area contributed by atoms with Gasteiger partial charge < -0.3 is 19.1 Å². The van der Waals surface area contributed by atoms with Crippen molar-refractivity contribution < 1.29 is 36.6 Å². The highest BCUT2D eigenvalue weighted by atomic mass is 32.1. The van der Waals surface area contributed by atoms with Crippen molar-refractivity contribution in [3.8, 4) is 11.8 Å². The van der Waals surface area contributed by atoms with Crippen LogP contribution in [0.15, 0.2) is 36.4 Å². The maximum atomic E-state index is 15.0. The maximum absolute atomic E-state index is 15.0. The van der Waals surface area contributed by atoms with Gasteiger partial charge in [-0.2, -0.15) is 18.4 Å². The minimum absolute atomic E-state index is 0.0516. The van der Waals surface area contributed by atoms with Gasteiger partial charge in [0.2, 0.25) is 0 Å². The van der Waals surface area contributed by atoms with Gasteiger partial charge in [-0.1, -0.05) is 0 Å². The summed E-state index contributed by atoms with van der Waals surface area (Å²) in [7, 11) is 1.50. The molecule has 190 valence electrons. The van der Waals surface area contributed by atoms with Crippen LogP contribution in [0.1, 0.15) is 25.0 Å². The summed E-state index contributed by atoms with van der Waals surface area (Å²) < 4.78 is 71.8. The van der Waals surface area contributed by atoms with Crippen LogP contribution < -0.4 is 14.5 Å². The number of carbonyl (C=O) groups excluding carboxylic acids is 1. The van der Waals surface area contributed by atoms with Gasteiger partial charge in [-0.15, -0.1) is 0 Å². The lowest BCUT2D eigenvalue weighted by Gasteiger charge is -2.29. The molecule has 2 aliphatic rings. The summed E-state index contributed by atoms with van der Waals surface area (Å²) in [5.74, 6) is -1.39. The van der Waals surface area contributed by atoms with Gasteiger partial charge in [-0.25, -0.2) is 4.39 Å². The number of thiocarbonyl (C=S) groups is 1. The summed E-state index contributed by atoms with van der Waals surface area (Å²) in [5.41, 5.74) is -3.06. The predicted octanol–water partition coefficient (Wildman–Crippen LogP) is 4.43. The number of anilines is 2. The minimum Gasteiger partial charge on any atom is -0.482 e. The maximum Gasteiger partial charge on any atom is 0.417 e. The van der Waals surface area contributed by atoms with Crippen LogP contribution in [0.4, 0.5) is 28.9 Å². The van der Waals surface area contributed by atoms with Gasteiger partial charge in [0.15, 0.2) is 22.8 Å². The van der Waals surface area contributed by atoms with E-state index in [1.807, 2.05) is 0 Å². The van der Waals surface area contributed by atoms with Crippen molar-refractivity contribution in [3.05, 3.63) is 53.3 Å². The molecule has 7 nitrogen and oxygen atoms in total. The highest BCUT2D eigenvalue weighted by Crippen LogP contribution is 2.40. The van der Waals surface area contributed by atoms with Crippen molar-refractivity contribution in [2.24, 2.45) is 0 Å². The van der Waals surface area contributed by atoms with Crippen molar-refractivity contribution in [1.29, 1.82) is 5.26 Å². The van der Waals surface area contributed by atoms with Crippen LogP contribution in [0.25, 0.3) is 0 Å². The second-order valence-corrected chi connectivity index (χ2v) is 9.10. The minimum atomic E-state index is -4.81. The number of hydrogen-bond donors (Lipinski definition) is 0. The number of rotatable bonds is 5. The van der Waals surface area contributed by atoms with Crippen molar-refractivity contribution >= 4 is 34.6 Å². The first kappa shape index (κ1) is 25.8. The van der Waals surface area contributed by atoms with Gasteiger partial charge in [0.1, 0.15) is 11.6 Å². The molecule has 2 atom stereocenters. The molecule has 0 N–H and O–H groups in total. The van der Waals surface area contributed by atoms with E-state index in [1.165, 1.54) is 50.1 Å². The molecule has 0 bridgehead atoms. The van der Waals surface area contributed by atoms with Crippen molar-refractivity contribution in [2.45, 2.75) is 37.8 Å². The zero-order valence-electron chi connectivity index (χ0n) is 19.4. The average Bonchev–Trinajstić information content (AvgIpc) is 3.33. The van der Waals surface area contributed by atoms with Crippen LogP contribution in [0.2, 0.25) is 0 Å². The summed E-state index contributed by atoms with van der Waals surface area (Å²) in [6.45, 7) is 3.60. The van der Waals surface area contributed by atoms with Crippen molar-refractivity contribution in [1.82, 2.24) is 0 Å². The normalized spacial score (nSPS) is 21.7. The number of nitrogens with zero attached hydrogens (tertiary/aromatic N) is 3. The highest BCUT2D eigenvalue weighted by molar-refractivity contribution is 7.81. The molecular formula is C24H21F4N3O4S. The Morgan fingerprint density at radius 1 is 1.14 bits per heavy atom. The van der Waals surface area contributed by atoms with E-state index in [0.717, 1.165) is 17.0 Å². The molecule has 12 heteroatoms. The van der Waals surface area contributed by atoms with E-state index >= 15 is 4.39 Å². The fourth-order valence-electron chi connectivity index (χ4n) is 4.19. The van der Waals surface area contributed by atoms with E-state index in [1.54, 1.807) is 0 Å². The van der Waals surface area contributed by atoms with E-state index in [2.05, 4.69) is 0 Å². The molecule has 2 heterocycles. The molecule has 1 amide bonds. The van der Waals surface area contributed by atoms with Crippen LogP contribution in [-0.2, 0) is 20.4 Å². The molecule has 36 heavy (non-hydrogen) atoms. The number of benzene rings is 2. The summed E-state index contributed by atoms with van der Waals surface area (Å²) >= 11 is 5.47. The molecule has 2 saturated heterocycles. The third kappa shape index (κ3) is 4.38. The SMILES string of the molecule is CO[C@H]1COC[C@@H]1Oc1ccc(N2C(=S)N(c3ccc(C#N)c(C(F)(F)F)c3)C(=O)C2(C)C)cc1F. The Bertz CT molecular complexity index is 1260. The molecule has 0 aliphatic carbocycles. The van der Waals surface area contributed by atoms with Gasteiger partial charge in [0.05, 0.1) is 36.1 Å². The Balaban J connectivity index is 1.67. The Morgan fingerprint density at radius 2 is 1.81 bits per heavy atom. The lowest BCUT2D eigenvalue weighted by atomic mass is 10.0. The molecule has 0 saturated carbocycles. The van der Waals surface area contributed by atoms with Crippen molar-refractivity contribution in [3.63, 3.8) is 0 Å². The van der Waals surface area contributed by atoms with Gasteiger partial charge in [-0.05, 0) is 56.4 Å². The molecule has 0 spiro atoms. The lowest BCUT2D eigenvalue weighted by Crippen LogP contribution is -2.44. The van der Waals surface area contributed by atoms with Gasteiger partial charge in [-0.3, -0.25) is 9.69 Å². The highest BCUT2D eigenvalue weighted by Gasteiger charge is 2.51. The first-order chi connectivity index (χ1) is 16.9.